The van der Waals surface area contributed by atoms with E-state index < -0.39 is 0 Å². The van der Waals surface area contributed by atoms with Gasteiger partial charge < -0.3 is 9.80 Å². The van der Waals surface area contributed by atoms with Crippen LogP contribution in [0.2, 0.25) is 0 Å². The molecule has 0 aliphatic carbocycles. The van der Waals surface area contributed by atoms with Crippen molar-refractivity contribution < 1.29 is 5.21 Å². The smallest absolute Gasteiger partial charge is 0.0603 e. The lowest BCUT2D eigenvalue weighted by molar-refractivity contribution is 0.141. The van der Waals surface area contributed by atoms with E-state index >= 15 is 0 Å². The van der Waals surface area contributed by atoms with Gasteiger partial charge in [0.25, 0.3) is 0 Å². The quantitative estimate of drug-likeness (QED) is 0.832. The molecular formula is C16H25N3O. The van der Waals surface area contributed by atoms with Gasteiger partial charge in [-0.1, -0.05) is 6.42 Å². The second-order valence-electron chi connectivity index (χ2n) is 5.97. The van der Waals surface area contributed by atoms with Gasteiger partial charge in [0.05, 0.1) is 5.69 Å². The lowest BCUT2D eigenvalue weighted by atomic mass is 9.99. The molecule has 2 fully saturated rings. The molecule has 3 rings (SSSR count). The number of anilines is 2. The van der Waals surface area contributed by atoms with E-state index in [0.29, 0.717) is 0 Å². The SMILES string of the molecule is ONc1ccc(N2CCC(N3CCCCC3)CC2)cc1. The molecule has 2 aliphatic rings. The summed E-state index contributed by atoms with van der Waals surface area (Å²) in [5.74, 6) is 0. The number of piperidine rings is 2. The van der Waals surface area contributed by atoms with Crippen LogP contribution in [0, 0.1) is 0 Å². The predicted molar refractivity (Wildman–Crippen MR) is 82.5 cm³/mol. The molecule has 1 aromatic rings. The minimum Gasteiger partial charge on any atom is -0.371 e. The van der Waals surface area contributed by atoms with Gasteiger partial charge in [0, 0.05) is 24.8 Å². The first-order chi connectivity index (χ1) is 9.86. The molecule has 2 heterocycles. The maximum absolute atomic E-state index is 8.85. The first-order valence-electron chi connectivity index (χ1n) is 7.86. The Bertz CT molecular complexity index is 406. The third kappa shape index (κ3) is 3.07. The average Bonchev–Trinajstić information content (AvgIpc) is 2.56. The Hall–Kier alpha value is -1.26. The molecule has 0 aromatic heterocycles. The topological polar surface area (TPSA) is 38.7 Å². The maximum Gasteiger partial charge on any atom is 0.0603 e. The summed E-state index contributed by atoms with van der Waals surface area (Å²) < 4.78 is 0. The van der Waals surface area contributed by atoms with E-state index in [4.69, 9.17) is 5.21 Å². The number of benzene rings is 1. The number of nitrogens with one attached hydrogen (secondary N) is 1. The fraction of sp³-hybridized carbons (Fsp3) is 0.625. The van der Waals surface area contributed by atoms with Crippen LogP contribution in [0.5, 0.6) is 0 Å². The molecular weight excluding hydrogens is 250 g/mol. The molecule has 0 amide bonds. The van der Waals surface area contributed by atoms with E-state index in [-0.39, 0.29) is 0 Å². The normalized spacial score (nSPS) is 21.9. The second-order valence-corrected chi connectivity index (χ2v) is 5.97. The Labute approximate surface area is 121 Å². The monoisotopic (exact) mass is 275 g/mol. The van der Waals surface area contributed by atoms with Crippen LogP contribution in [-0.4, -0.2) is 42.3 Å². The third-order valence-corrected chi connectivity index (χ3v) is 4.73. The highest BCUT2D eigenvalue weighted by atomic mass is 16.5. The molecule has 110 valence electrons. The Morgan fingerprint density at radius 2 is 1.55 bits per heavy atom. The third-order valence-electron chi connectivity index (χ3n) is 4.73. The van der Waals surface area contributed by atoms with E-state index in [9.17, 15) is 0 Å². The average molecular weight is 275 g/mol. The van der Waals surface area contributed by atoms with Crippen LogP contribution < -0.4 is 10.4 Å². The van der Waals surface area contributed by atoms with Crippen LogP contribution >= 0.6 is 0 Å². The fourth-order valence-electron chi connectivity index (χ4n) is 3.52. The summed E-state index contributed by atoms with van der Waals surface area (Å²) in [6, 6.07) is 8.81. The molecule has 4 heteroatoms. The predicted octanol–water partition coefficient (Wildman–Crippen LogP) is 2.94. The van der Waals surface area contributed by atoms with Gasteiger partial charge in [-0.2, -0.15) is 0 Å². The van der Waals surface area contributed by atoms with Crippen molar-refractivity contribution in [2.45, 2.75) is 38.1 Å². The Balaban J connectivity index is 1.54. The van der Waals surface area contributed by atoms with Crippen molar-refractivity contribution >= 4 is 11.4 Å². The molecule has 0 radical (unpaired) electrons. The van der Waals surface area contributed by atoms with Gasteiger partial charge in [0.15, 0.2) is 0 Å². The minimum atomic E-state index is 0.747. The van der Waals surface area contributed by atoms with Crippen molar-refractivity contribution in [3.63, 3.8) is 0 Å². The number of rotatable bonds is 3. The van der Waals surface area contributed by atoms with E-state index in [2.05, 4.69) is 27.4 Å². The summed E-state index contributed by atoms with van der Waals surface area (Å²) in [5, 5.41) is 8.85. The zero-order valence-corrected chi connectivity index (χ0v) is 12.1. The van der Waals surface area contributed by atoms with Crippen LogP contribution in [0.1, 0.15) is 32.1 Å². The van der Waals surface area contributed by atoms with Gasteiger partial charge in [-0.25, -0.2) is 0 Å². The molecule has 0 saturated carbocycles. The zero-order valence-electron chi connectivity index (χ0n) is 12.1. The lowest BCUT2D eigenvalue weighted by Gasteiger charge is -2.41. The maximum atomic E-state index is 8.85. The van der Waals surface area contributed by atoms with Crippen molar-refractivity contribution in [2.75, 3.05) is 36.6 Å². The molecule has 4 nitrogen and oxygen atoms in total. The van der Waals surface area contributed by atoms with Gasteiger partial charge in [-0.15, -0.1) is 0 Å². The summed E-state index contributed by atoms with van der Waals surface area (Å²) in [5.41, 5.74) is 4.19. The Morgan fingerprint density at radius 1 is 0.900 bits per heavy atom. The van der Waals surface area contributed by atoms with E-state index in [1.807, 2.05) is 12.1 Å². The van der Waals surface area contributed by atoms with Crippen LogP contribution in [0.4, 0.5) is 11.4 Å². The van der Waals surface area contributed by atoms with Crippen molar-refractivity contribution in [3.8, 4) is 0 Å². The van der Waals surface area contributed by atoms with Crippen molar-refractivity contribution in [2.24, 2.45) is 0 Å². The number of hydrogen-bond donors (Lipinski definition) is 2. The highest BCUT2D eigenvalue weighted by Crippen LogP contribution is 2.25. The van der Waals surface area contributed by atoms with Crippen molar-refractivity contribution in [1.82, 2.24) is 4.90 Å². The van der Waals surface area contributed by atoms with E-state index in [1.54, 1.807) is 0 Å². The number of likely N-dealkylation sites (tertiary alicyclic amines) is 1. The van der Waals surface area contributed by atoms with Gasteiger partial charge in [0.1, 0.15) is 0 Å². The van der Waals surface area contributed by atoms with Gasteiger partial charge in [0.2, 0.25) is 0 Å². The van der Waals surface area contributed by atoms with Gasteiger partial charge in [-0.05, 0) is 63.0 Å². The summed E-state index contributed by atoms with van der Waals surface area (Å²) in [7, 11) is 0. The van der Waals surface area contributed by atoms with Gasteiger partial charge >= 0.3 is 0 Å². The fourth-order valence-corrected chi connectivity index (χ4v) is 3.52. The van der Waals surface area contributed by atoms with Crippen molar-refractivity contribution in [1.29, 1.82) is 0 Å². The largest absolute Gasteiger partial charge is 0.371 e. The standard InChI is InChI=1S/C16H25N3O/c20-17-14-4-6-15(7-5-14)19-12-8-16(9-13-19)18-10-2-1-3-11-18/h4-7,16-17,20H,1-3,8-13H2. The molecule has 0 bridgehead atoms. The molecule has 20 heavy (non-hydrogen) atoms. The van der Waals surface area contributed by atoms with Crippen LogP contribution in [0.15, 0.2) is 24.3 Å². The van der Waals surface area contributed by atoms with E-state index in [0.717, 1.165) is 24.8 Å². The minimum absolute atomic E-state index is 0.747. The van der Waals surface area contributed by atoms with Crippen LogP contribution in [0.3, 0.4) is 0 Å². The molecule has 0 atom stereocenters. The highest BCUT2D eigenvalue weighted by Gasteiger charge is 2.25. The van der Waals surface area contributed by atoms with E-state index in [1.165, 1.54) is 50.9 Å². The molecule has 0 spiro atoms. The number of nitrogens with zero attached hydrogens (tertiary/aromatic N) is 2. The van der Waals surface area contributed by atoms with Crippen molar-refractivity contribution in [3.05, 3.63) is 24.3 Å². The number of hydrogen-bond acceptors (Lipinski definition) is 4. The highest BCUT2D eigenvalue weighted by molar-refractivity contribution is 5.54. The van der Waals surface area contributed by atoms with Crippen LogP contribution in [-0.2, 0) is 0 Å². The van der Waals surface area contributed by atoms with Gasteiger partial charge in [-0.3, -0.25) is 10.7 Å². The first kappa shape index (κ1) is 13.7. The summed E-state index contributed by atoms with van der Waals surface area (Å²) in [4.78, 5) is 5.17. The summed E-state index contributed by atoms with van der Waals surface area (Å²) in [6.07, 6.45) is 6.74. The zero-order chi connectivity index (χ0) is 13.8. The molecule has 1 aromatic carbocycles. The Morgan fingerprint density at radius 3 is 2.15 bits per heavy atom. The van der Waals surface area contributed by atoms with Crippen LogP contribution in [0.25, 0.3) is 0 Å². The summed E-state index contributed by atoms with van der Waals surface area (Å²) in [6.45, 7) is 4.91. The second kappa shape index (κ2) is 6.46. The molecule has 2 aliphatic heterocycles. The molecule has 0 unspecified atom stereocenters. The first-order valence-corrected chi connectivity index (χ1v) is 7.86. The summed E-state index contributed by atoms with van der Waals surface area (Å²) >= 11 is 0. The molecule has 2 saturated heterocycles. The lowest BCUT2D eigenvalue weighted by Crippen LogP contribution is -2.46. The Kier molecular flexibility index (Phi) is 4.43. The molecule has 2 N–H and O–H groups in total.